The van der Waals surface area contributed by atoms with Gasteiger partial charge in [-0.05, 0) is 12.8 Å². The molecule has 0 bridgehead atoms. The highest BCUT2D eigenvalue weighted by Gasteiger charge is 2.39. The SMILES string of the molecule is NC(CS)C(=O)NC(Cc1cnc[nH]1)C(=O)N1CCCC1C(=O)NC(Cc1cnc[nH]1)C(=O)O. The fourth-order valence-corrected chi connectivity index (χ4v) is 3.93. The molecule has 3 heterocycles. The normalized spacial score (nSPS) is 18.2. The summed E-state index contributed by atoms with van der Waals surface area (Å²) >= 11 is 4.02. The molecule has 14 heteroatoms. The molecular formula is C20H28N8O5S. The molecule has 0 radical (unpaired) electrons. The maximum Gasteiger partial charge on any atom is 0.326 e. The first-order chi connectivity index (χ1) is 16.3. The number of rotatable bonds is 11. The quantitative estimate of drug-likeness (QED) is 0.178. The van der Waals surface area contributed by atoms with E-state index in [-0.39, 0.29) is 18.6 Å². The second-order valence-electron chi connectivity index (χ2n) is 8.00. The average Bonchev–Trinajstić information content (AvgIpc) is 3.59. The Morgan fingerprint density at radius 2 is 1.74 bits per heavy atom. The molecule has 13 nitrogen and oxygen atoms in total. The maximum absolute atomic E-state index is 13.4. The summed E-state index contributed by atoms with van der Waals surface area (Å²) in [6.07, 6.45) is 6.95. The van der Waals surface area contributed by atoms with Gasteiger partial charge >= 0.3 is 5.97 Å². The van der Waals surface area contributed by atoms with Crippen molar-refractivity contribution in [3.8, 4) is 0 Å². The molecule has 2 aromatic rings. The van der Waals surface area contributed by atoms with Gasteiger partial charge in [-0.15, -0.1) is 0 Å². The molecule has 4 unspecified atom stereocenters. The molecule has 1 saturated heterocycles. The zero-order valence-electron chi connectivity index (χ0n) is 18.3. The van der Waals surface area contributed by atoms with Gasteiger partial charge in [-0.3, -0.25) is 14.4 Å². The van der Waals surface area contributed by atoms with E-state index in [1.807, 2.05) is 0 Å². The lowest BCUT2D eigenvalue weighted by Crippen LogP contribution is -2.57. The Balaban J connectivity index is 1.72. The van der Waals surface area contributed by atoms with Crippen molar-refractivity contribution in [3.05, 3.63) is 36.4 Å². The van der Waals surface area contributed by atoms with Crippen molar-refractivity contribution in [2.75, 3.05) is 12.3 Å². The number of nitrogens with zero attached hydrogens (tertiary/aromatic N) is 3. The lowest BCUT2D eigenvalue weighted by Gasteiger charge is -2.29. The molecule has 4 atom stereocenters. The second-order valence-corrected chi connectivity index (χ2v) is 8.37. The van der Waals surface area contributed by atoms with Gasteiger partial charge in [-0.25, -0.2) is 14.8 Å². The number of aliphatic carboxylic acids is 1. The van der Waals surface area contributed by atoms with Crippen LogP contribution in [0.25, 0.3) is 0 Å². The molecule has 0 spiro atoms. The van der Waals surface area contributed by atoms with Gasteiger partial charge in [-0.2, -0.15) is 12.6 Å². The summed E-state index contributed by atoms with van der Waals surface area (Å²) in [5.41, 5.74) is 6.91. The van der Waals surface area contributed by atoms with Crippen LogP contribution in [0.1, 0.15) is 24.2 Å². The number of thiol groups is 1. The van der Waals surface area contributed by atoms with Gasteiger partial charge < -0.3 is 36.3 Å². The Morgan fingerprint density at radius 3 is 2.26 bits per heavy atom. The van der Waals surface area contributed by atoms with Gasteiger partial charge in [0.2, 0.25) is 17.7 Å². The van der Waals surface area contributed by atoms with Crippen molar-refractivity contribution < 1.29 is 24.3 Å². The number of hydrogen-bond donors (Lipinski definition) is 7. The van der Waals surface area contributed by atoms with Crippen molar-refractivity contribution in [2.24, 2.45) is 5.73 Å². The molecule has 0 aliphatic carbocycles. The third-order valence-corrected chi connectivity index (χ3v) is 5.95. The van der Waals surface area contributed by atoms with Crippen LogP contribution < -0.4 is 16.4 Å². The van der Waals surface area contributed by atoms with E-state index in [1.165, 1.54) is 29.9 Å². The summed E-state index contributed by atoms with van der Waals surface area (Å²) in [5.74, 6) is -2.69. The molecular weight excluding hydrogens is 464 g/mol. The van der Waals surface area contributed by atoms with E-state index in [1.54, 1.807) is 0 Å². The van der Waals surface area contributed by atoms with Gasteiger partial charge in [0.25, 0.3) is 0 Å². The smallest absolute Gasteiger partial charge is 0.326 e. The number of aromatic amines is 2. The van der Waals surface area contributed by atoms with Crippen LogP contribution in [-0.4, -0.2) is 90.1 Å². The van der Waals surface area contributed by atoms with Crippen LogP contribution in [0.4, 0.5) is 0 Å². The van der Waals surface area contributed by atoms with E-state index in [0.717, 1.165) is 0 Å². The second kappa shape index (κ2) is 11.7. The minimum atomic E-state index is -1.20. The van der Waals surface area contributed by atoms with E-state index < -0.39 is 47.9 Å². The van der Waals surface area contributed by atoms with Crippen molar-refractivity contribution >= 4 is 36.3 Å². The monoisotopic (exact) mass is 492 g/mol. The summed E-state index contributed by atoms with van der Waals surface area (Å²) in [6.45, 7) is 0.295. The molecule has 184 valence electrons. The molecule has 7 N–H and O–H groups in total. The van der Waals surface area contributed by atoms with Crippen LogP contribution in [0, 0.1) is 0 Å². The lowest BCUT2D eigenvalue weighted by atomic mass is 10.1. The van der Waals surface area contributed by atoms with Gasteiger partial charge in [0.05, 0.1) is 18.7 Å². The lowest BCUT2D eigenvalue weighted by molar-refractivity contribution is -0.144. The van der Waals surface area contributed by atoms with Crippen molar-refractivity contribution in [3.63, 3.8) is 0 Å². The number of imidazole rings is 2. The Morgan fingerprint density at radius 1 is 1.12 bits per heavy atom. The van der Waals surface area contributed by atoms with Crippen molar-refractivity contribution in [1.82, 2.24) is 35.5 Å². The molecule has 0 saturated carbocycles. The van der Waals surface area contributed by atoms with E-state index in [4.69, 9.17) is 5.73 Å². The largest absolute Gasteiger partial charge is 0.480 e. The molecule has 3 amide bonds. The number of likely N-dealkylation sites (tertiary alicyclic amines) is 1. The highest BCUT2D eigenvalue weighted by atomic mass is 32.1. The summed E-state index contributed by atoms with van der Waals surface area (Å²) in [7, 11) is 0. The van der Waals surface area contributed by atoms with E-state index in [0.29, 0.717) is 30.8 Å². The predicted molar refractivity (Wildman–Crippen MR) is 123 cm³/mol. The number of amides is 3. The summed E-state index contributed by atoms with van der Waals surface area (Å²) in [6, 6.07) is -3.96. The standard InChI is InChI=1S/C20H28N8O5S/c21-13(8-34)17(29)26-14(4-11-6-22-9-24-11)19(31)28-3-1-2-16(28)18(30)27-15(20(32)33)5-12-7-23-10-25-12/h6-7,9-10,13-16,34H,1-5,8,21H2,(H,22,24)(H,23,25)(H,26,29)(H,27,30)(H,32,33). The number of carbonyl (C=O) groups excluding carboxylic acids is 3. The van der Waals surface area contributed by atoms with Crippen LogP contribution in [-0.2, 0) is 32.0 Å². The maximum atomic E-state index is 13.4. The molecule has 2 aromatic heterocycles. The van der Waals surface area contributed by atoms with Crippen molar-refractivity contribution in [1.29, 1.82) is 0 Å². The zero-order chi connectivity index (χ0) is 24.7. The minimum Gasteiger partial charge on any atom is -0.480 e. The van der Waals surface area contributed by atoms with E-state index >= 15 is 0 Å². The molecule has 0 aromatic carbocycles. The van der Waals surface area contributed by atoms with Crippen LogP contribution in [0.2, 0.25) is 0 Å². The first-order valence-electron chi connectivity index (χ1n) is 10.7. The van der Waals surface area contributed by atoms with Gasteiger partial charge in [0, 0.05) is 48.9 Å². The Kier molecular flexibility index (Phi) is 8.65. The van der Waals surface area contributed by atoms with Crippen molar-refractivity contribution in [2.45, 2.75) is 49.9 Å². The molecule has 1 aliphatic rings. The number of hydrogen-bond acceptors (Lipinski definition) is 8. The molecule has 34 heavy (non-hydrogen) atoms. The Labute approximate surface area is 200 Å². The fraction of sp³-hybridized carbons (Fsp3) is 0.500. The molecule has 3 rings (SSSR count). The van der Waals surface area contributed by atoms with Crippen LogP contribution in [0.3, 0.4) is 0 Å². The summed E-state index contributed by atoms with van der Waals surface area (Å²) < 4.78 is 0. The molecule has 1 aliphatic heterocycles. The summed E-state index contributed by atoms with van der Waals surface area (Å²) in [4.78, 5) is 65.3. The summed E-state index contributed by atoms with van der Waals surface area (Å²) in [5, 5.41) is 14.7. The average molecular weight is 493 g/mol. The highest BCUT2D eigenvalue weighted by Crippen LogP contribution is 2.20. The Bertz CT molecular complexity index is 983. The van der Waals surface area contributed by atoms with Crippen LogP contribution in [0.5, 0.6) is 0 Å². The predicted octanol–water partition coefficient (Wildman–Crippen LogP) is -1.78. The number of aromatic nitrogens is 4. The van der Waals surface area contributed by atoms with Gasteiger partial charge in [0.1, 0.15) is 18.1 Å². The first-order valence-corrected chi connectivity index (χ1v) is 11.4. The zero-order valence-corrected chi connectivity index (χ0v) is 19.2. The van der Waals surface area contributed by atoms with Crippen LogP contribution >= 0.6 is 12.6 Å². The van der Waals surface area contributed by atoms with Gasteiger partial charge in [-0.1, -0.05) is 0 Å². The number of carboxylic acids is 1. The Hall–Kier alpha value is -3.39. The number of H-pyrrole nitrogens is 2. The fourth-order valence-electron chi connectivity index (χ4n) is 3.77. The highest BCUT2D eigenvalue weighted by molar-refractivity contribution is 7.80. The minimum absolute atomic E-state index is 0.0157. The topological polar surface area (TPSA) is 199 Å². The number of carboxylic acid groups (broad SMARTS) is 1. The van der Waals surface area contributed by atoms with Gasteiger partial charge in [0.15, 0.2) is 0 Å². The van der Waals surface area contributed by atoms with Crippen LogP contribution in [0.15, 0.2) is 25.0 Å². The van der Waals surface area contributed by atoms with E-state index in [2.05, 4.69) is 43.2 Å². The molecule has 1 fully saturated rings. The third kappa shape index (κ3) is 6.35. The first kappa shape index (κ1) is 25.2. The van der Waals surface area contributed by atoms with E-state index in [9.17, 15) is 24.3 Å². The number of nitrogens with one attached hydrogen (secondary N) is 4. The third-order valence-electron chi connectivity index (χ3n) is 5.56. The number of carbonyl (C=O) groups is 4. The number of nitrogens with two attached hydrogens (primary N) is 1.